The summed E-state index contributed by atoms with van der Waals surface area (Å²) in [6.45, 7) is 2.02. The molecule has 5 atom stereocenters. The van der Waals surface area contributed by atoms with Gasteiger partial charge in [-0.2, -0.15) is 0 Å². The first-order valence-electron chi connectivity index (χ1n) is 8.52. The highest BCUT2D eigenvalue weighted by Gasteiger charge is 2.44. The summed E-state index contributed by atoms with van der Waals surface area (Å²) in [7, 11) is 1.28. The Kier molecular flexibility index (Phi) is 8.62. The Labute approximate surface area is 138 Å². The SMILES string of the molecule is [2H]N(CCCCCCC)C(=O)OC[C@H]1OC(OC)[C@H](O)[C@@H](O)[C@@H]1O. The number of rotatable bonds is 9. The number of hydrogen-bond donors (Lipinski definition) is 4. The second kappa shape index (κ2) is 10.8. The van der Waals surface area contributed by atoms with E-state index >= 15 is 0 Å². The summed E-state index contributed by atoms with van der Waals surface area (Å²) in [6, 6.07) is 0. The first-order chi connectivity index (χ1) is 11.4. The maximum absolute atomic E-state index is 11.7. The van der Waals surface area contributed by atoms with Crippen LogP contribution in [-0.4, -0.2) is 72.4 Å². The Bertz CT molecular complexity index is 372. The molecule has 136 valence electrons. The molecule has 0 spiro atoms. The third kappa shape index (κ3) is 6.60. The van der Waals surface area contributed by atoms with Gasteiger partial charge in [0.15, 0.2) is 7.70 Å². The maximum Gasteiger partial charge on any atom is 0.407 e. The lowest BCUT2D eigenvalue weighted by atomic mass is 9.99. The van der Waals surface area contributed by atoms with Crippen molar-refractivity contribution in [2.75, 3.05) is 20.3 Å². The molecule has 1 unspecified atom stereocenters. The van der Waals surface area contributed by atoms with Crippen molar-refractivity contribution >= 4 is 6.09 Å². The third-order valence-electron chi connectivity index (χ3n) is 3.77. The second-order valence-electron chi connectivity index (χ2n) is 5.62. The van der Waals surface area contributed by atoms with Gasteiger partial charge in [0, 0.05) is 13.7 Å². The third-order valence-corrected chi connectivity index (χ3v) is 3.77. The van der Waals surface area contributed by atoms with Crippen LogP contribution in [0.4, 0.5) is 4.79 Å². The van der Waals surface area contributed by atoms with Crippen LogP contribution in [0.15, 0.2) is 0 Å². The minimum absolute atomic E-state index is 0.263. The van der Waals surface area contributed by atoms with E-state index in [9.17, 15) is 20.1 Å². The molecule has 0 bridgehead atoms. The Morgan fingerprint density at radius 2 is 1.87 bits per heavy atom. The van der Waals surface area contributed by atoms with Crippen molar-refractivity contribution in [3.63, 3.8) is 0 Å². The number of hydrogen-bond acceptors (Lipinski definition) is 7. The van der Waals surface area contributed by atoms with E-state index in [2.05, 4.69) is 6.92 Å². The van der Waals surface area contributed by atoms with Gasteiger partial charge in [0.2, 0.25) is 0 Å². The minimum Gasteiger partial charge on any atom is -0.447 e. The van der Waals surface area contributed by atoms with E-state index in [4.69, 9.17) is 15.6 Å². The maximum atomic E-state index is 11.7. The summed E-state index contributed by atoms with van der Waals surface area (Å²) in [6.07, 6.45) is -2.33. The fourth-order valence-corrected chi connectivity index (χ4v) is 2.33. The number of carbonyl (C=O) groups is 1. The van der Waals surface area contributed by atoms with Crippen LogP contribution in [0.1, 0.15) is 39.0 Å². The van der Waals surface area contributed by atoms with E-state index in [-0.39, 0.29) is 13.2 Å². The number of ether oxygens (including phenoxy) is 3. The van der Waals surface area contributed by atoms with Gasteiger partial charge in [0.05, 0.1) is 0 Å². The molecular formula is C15H29NO7. The minimum atomic E-state index is -1.47. The topological polar surface area (TPSA) is 117 Å². The molecule has 1 fully saturated rings. The van der Waals surface area contributed by atoms with Crippen LogP contribution in [0.3, 0.4) is 0 Å². The summed E-state index contributed by atoms with van der Waals surface area (Å²) in [5.41, 5.74) is 0. The van der Waals surface area contributed by atoms with Gasteiger partial charge in [-0.25, -0.2) is 4.79 Å². The van der Waals surface area contributed by atoms with Crippen molar-refractivity contribution in [2.45, 2.75) is 69.7 Å². The van der Waals surface area contributed by atoms with Gasteiger partial charge in [-0.1, -0.05) is 32.6 Å². The number of methoxy groups -OCH3 is 1. The number of amides is 1. The number of carbonyl (C=O) groups excluding carboxylic acids is 1. The van der Waals surface area contributed by atoms with Gasteiger partial charge in [0.25, 0.3) is 0 Å². The van der Waals surface area contributed by atoms with Crippen LogP contribution in [0.25, 0.3) is 0 Å². The molecule has 23 heavy (non-hydrogen) atoms. The van der Waals surface area contributed by atoms with Crippen molar-refractivity contribution in [3.8, 4) is 0 Å². The lowest BCUT2D eigenvalue weighted by molar-refractivity contribution is -0.294. The number of aliphatic hydroxyl groups excluding tert-OH is 3. The fraction of sp³-hybridized carbons (Fsp3) is 0.933. The highest BCUT2D eigenvalue weighted by atomic mass is 16.7. The first-order valence-corrected chi connectivity index (χ1v) is 8.08. The molecule has 1 amide bonds. The molecular weight excluding hydrogens is 306 g/mol. The van der Waals surface area contributed by atoms with Gasteiger partial charge in [0.1, 0.15) is 31.0 Å². The van der Waals surface area contributed by atoms with Crippen LogP contribution in [-0.2, 0) is 14.2 Å². The van der Waals surface area contributed by atoms with Gasteiger partial charge in [-0.05, 0) is 6.42 Å². The van der Waals surface area contributed by atoms with Gasteiger partial charge in [-0.3, -0.25) is 0 Å². The van der Waals surface area contributed by atoms with E-state index in [1.54, 1.807) is 0 Å². The zero-order valence-electron chi connectivity index (χ0n) is 14.8. The number of alkyl carbamates (subject to hydrolysis) is 1. The van der Waals surface area contributed by atoms with E-state index in [0.717, 1.165) is 37.4 Å². The fourth-order valence-electron chi connectivity index (χ4n) is 2.33. The predicted octanol–water partition coefficient (Wildman–Crippen LogP) is 0.137. The van der Waals surface area contributed by atoms with Gasteiger partial charge >= 0.3 is 6.09 Å². The molecule has 1 rings (SSSR count). The Hall–Kier alpha value is -0.930. The average Bonchev–Trinajstić information content (AvgIpc) is 2.58. The molecule has 0 aliphatic carbocycles. The lowest BCUT2D eigenvalue weighted by Gasteiger charge is -2.39. The summed E-state index contributed by atoms with van der Waals surface area (Å²) in [5.74, 6) is 0. The van der Waals surface area contributed by atoms with Crippen LogP contribution in [0.2, 0.25) is 1.41 Å². The zero-order valence-corrected chi connectivity index (χ0v) is 13.8. The predicted molar refractivity (Wildman–Crippen MR) is 81.8 cm³/mol. The molecule has 8 nitrogen and oxygen atoms in total. The molecule has 1 aliphatic rings. The van der Waals surface area contributed by atoms with Crippen LogP contribution in [0.5, 0.6) is 0 Å². The molecule has 0 saturated carbocycles. The summed E-state index contributed by atoms with van der Waals surface area (Å²) in [5, 5.41) is 30.0. The van der Waals surface area contributed by atoms with E-state index in [0.29, 0.717) is 0 Å². The lowest BCUT2D eigenvalue weighted by Crippen LogP contribution is -2.59. The standard InChI is InChI=1S/C15H29NO7/c1-3-4-5-6-7-8-16-15(20)22-9-10-11(17)12(18)13(19)14(21-2)23-10/h10-14,17-19H,3-9H2,1-2H3,(H,16,20)/t10-,11-,12+,13-,14?/m1/s1/i/hD. The van der Waals surface area contributed by atoms with Crippen molar-refractivity contribution in [1.29, 1.82) is 0 Å². The summed E-state index contributed by atoms with van der Waals surface area (Å²) >= 11 is 0. The Balaban J connectivity index is 2.34. The summed E-state index contributed by atoms with van der Waals surface area (Å²) in [4.78, 5) is 11.7. The van der Waals surface area contributed by atoms with Crippen LogP contribution >= 0.6 is 0 Å². The molecule has 0 aromatic heterocycles. The van der Waals surface area contributed by atoms with Crippen molar-refractivity contribution < 1.29 is 35.7 Å². The van der Waals surface area contributed by atoms with E-state index in [1.165, 1.54) is 7.11 Å². The number of aliphatic hydroxyl groups is 3. The van der Waals surface area contributed by atoms with Crippen molar-refractivity contribution in [1.82, 2.24) is 5.31 Å². The average molecular weight is 336 g/mol. The van der Waals surface area contributed by atoms with Crippen molar-refractivity contribution in [3.05, 3.63) is 0 Å². The normalized spacial score (nSPS) is 31.5. The second-order valence-corrected chi connectivity index (χ2v) is 5.62. The highest BCUT2D eigenvalue weighted by molar-refractivity contribution is 5.67. The largest absolute Gasteiger partial charge is 0.447 e. The molecule has 8 heteroatoms. The van der Waals surface area contributed by atoms with E-state index in [1.807, 2.05) is 0 Å². The molecule has 0 aromatic rings. The Morgan fingerprint density at radius 1 is 1.17 bits per heavy atom. The molecule has 1 aliphatic heterocycles. The number of unbranched alkanes of at least 4 members (excludes halogenated alkanes) is 4. The highest BCUT2D eigenvalue weighted by Crippen LogP contribution is 2.21. The molecule has 1 saturated heterocycles. The van der Waals surface area contributed by atoms with Gasteiger partial charge in [-0.15, -0.1) is 0 Å². The quantitative estimate of drug-likeness (QED) is 0.442. The van der Waals surface area contributed by atoms with Crippen LogP contribution < -0.4 is 5.31 Å². The van der Waals surface area contributed by atoms with Gasteiger partial charge < -0.3 is 34.8 Å². The Morgan fingerprint density at radius 3 is 2.52 bits per heavy atom. The van der Waals surface area contributed by atoms with Crippen molar-refractivity contribution in [2.24, 2.45) is 0 Å². The zero-order chi connectivity index (χ0) is 18.1. The molecule has 0 radical (unpaired) electrons. The number of nitrogens with one attached hydrogen (secondary N) is 1. The summed E-state index contributed by atoms with van der Waals surface area (Å²) < 4.78 is 22.7. The first kappa shape index (κ1) is 18.4. The molecule has 1 heterocycles. The van der Waals surface area contributed by atoms with Crippen LogP contribution in [0, 0.1) is 0 Å². The smallest absolute Gasteiger partial charge is 0.407 e. The monoisotopic (exact) mass is 336 g/mol. The molecule has 0 aromatic carbocycles. The van der Waals surface area contributed by atoms with E-state index < -0.39 is 36.8 Å². The molecule has 4 N–H and O–H groups in total.